The Kier molecular flexibility index (Phi) is 12.8. The largest absolute Gasteiger partial charge is 0.455 e. The van der Waals surface area contributed by atoms with E-state index in [4.69, 9.17) is 28.7 Å². The molecule has 2 saturated heterocycles. The van der Waals surface area contributed by atoms with Gasteiger partial charge in [-0.1, -0.05) is 40.2 Å². The second-order valence-corrected chi connectivity index (χ2v) is 15.2. The molecule has 0 saturated carbocycles. The molecule has 0 spiro atoms. The Balaban J connectivity index is 1.84. The van der Waals surface area contributed by atoms with E-state index in [0.29, 0.717) is 51.1 Å². The molecule has 4 aliphatic rings. The van der Waals surface area contributed by atoms with Gasteiger partial charge < -0.3 is 39.0 Å². The minimum Gasteiger partial charge on any atom is -0.455 e. The fraction of sp³-hybridized carbons (Fsp3) is 0.861. The van der Waals surface area contributed by atoms with Gasteiger partial charge in [0.25, 0.3) is 0 Å². The van der Waals surface area contributed by atoms with Crippen molar-refractivity contribution in [2.24, 2.45) is 22.7 Å². The van der Waals surface area contributed by atoms with Crippen molar-refractivity contribution in [2.75, 3.05) is 47.4 Å². The van der Waals surface area contributed by atoms with Crippen LogP contribution in [0.3, 0.4) is 0 Å². The molecule has 48 heavy (non-hydrogen) atoms. The van der Waals surface area contributed by atoms with Crippen LogP contribution in [0.25, 0.3) is 0 Å². The van der Waals surface area contributed by atoms with Crippen molar-refractivity contribution in [3.8, 4) is 0 Å². The van der Waals surface area contributed by atoms with Crippen molar-refractivity contribution < 1.29 is 38.4 Å². The molecule has 4 aliphatic heterocycles. The minimum absolute atomic E-state index is 0.0661. The number of nitrogens with zero attached hydrogens (tertiary/aromatic N) is 3. The number of aliphatic imine (C=N–C) groups is 1. The van der Waals surface area contributed by atoms with Gasteiger partial charge in [-0.3, -0.25) is 9.89 Å². The third kappa shape index (κ3) is 7.94. The highest BCUT2D eigenvalue weighted by atomic mass is 16.7. The number of hydrogen-bond acceptors (Lipinski definition) is 11. The lowest BCUT2D eigenvalue weighted by Crippen LogP contribution is -2.59. The van der Waals surface area contributed by atoms with E-state index in [0.717, 1.165) is 12.1 Å². The number of ether oxygens (including phenoxy) is 5. The number of hydrogen-bond donors (Lipinski definition) is 2. The summed E-state index contributed by atoms with van der Waals surface area (Å²) < 4.78 is 32.4. The monoisotopic (exact) mass is 678 g/mol. The van der Waals surface area contributed by atoms with Crippen molar-refractivity contribution in [1.82, 2.24) is 15.1 Å². The van der Waals surface area contributed by atoms with E-state index >= 15 is 0 Å². The molecule has 0 aromatic carbocycles. The predicted molar refractivity (Wildman–Crippen MR) is 184 cm³/mol. The normalized spacial score (nSPS) is 42.3. The zero-order chi connectivity index (χ0) is 35.6. The lowest BCUT2D eigenvalue weighted by atomic mass is 9.73. The lowest BCUT2D eigenvalue weighted by molar-refractivity contribution is -0.296. The van der Waals surface area contributed by atoms with Gasteiger partial charge in [-0.15, -0.1) is 0 Å². The van der Waals surface area contributed by atoms with Crippen LogP contribution in [0.2, 0.25) is 0 Å². The first kappa shape index (κ1) is 38.7. The van der Waals surface area contributed by atoms with Crippen molar-refractivity contribution >= 4 is 17.8 Å². The van der Waals surface area contributed by atoms with E-state index in [2.05, 4.69) is 19.2 Å². The highest BCUT2D eigenvalue weighted by molar-refractivity contribution is 5.91. The van der Waals surface area contributed by atoms with Gasteiger partial charge in [0.15, 0.2) is 11.9 Å². The van der Waals surface area contributed by atoms with Crippen LogP contribution in [0.15, 0.2) is 16.6 Å². The summed E-state index contributed by atoms with van der Waals surface area (Å²) in [6.45, 7) is 17.9. The maximum absolute atomic E-state index is 13.9. The van der Waals surface area contributed by atoms with Crippen molar-refractivity contribution in [2.45, 2.75) is 135 Å². The van der Waals surface area contributed by atoms with Crippen LogP contribution in [-0.4, -0.2) is 134 Å². The molecule has 4 rings (SSSR count). The fourth-order valence-electron chi connectivity index (χ4n) is 8.66. The number of amides is 1. The van der Waals surface area contributed by atoms with Crippen molar-refractivity contribution in [1.29, 1.82) is 0 Å². The average molecular weight is 679 g/mol. The summed E-state index contributed by atoms with van der Waals surface area (Å²) in [7, 11) is 5.78. The van der Waals surface area contributed by atoms with Gasteiger partial charge in [0.05, 0.1) is 37.0 Å². The molecule has 2 bridgehead atoms. The Morgan fingerprint density at radius 2 is 1.90 bits per heavy atom. The summed E-state index contributed by atoms with van der Waals surface area (Å²) in [5.74, 6) is -1.06. The first-order valence-electron chi connectivity index (χ1n) is 17.9. The standard InChI is InChI=1S/C36H62N4O8/c1-12-13-27-36(8)30-25(6)28(38-14-16-40(30)34(43)48-36)23(4)20-35(7,44-17-15-37-9)31(21(2)18-22(3)32(42)46-27)47-33-29(41)26(39(10)11)19-24(5)45-33/h18,21,23-27,29-31,33,37,41H,12-17,19-20H2,1-11H3/b22-18+/t21-,23+,24-,25-,26+,27+,29-,30+,31+,33?,35-,36+/m0/s1. The molecule has 12 atom stereocenters. The number of likely N-dealkylation sites (N-methyl/N-ethyl adjacent to an activating group) is 2. The zero-order valence-corrected chi connectivity index (χ0v) is 31.2. The smallest absolute Gasteiger partial charge is 0.410 e. The van der Waals surface area contributed by atoms with Crippen LogP contribution < -0.4 is 5.32 Å². The molecule has 2 fully saturated rings. The number of aliphatic hydroxyl groups excluding tert-OH is 1. The van der Waals surface area contributed by atoms with Crippen LogP contribution in [0.5, 0.6) is 0 Å². The van der Waals surface area contributed by atoms with Gasteiger partial charge in [0.2, 0.25) is 0 Å². The number of fused-ring (bicyclic) bond motifs is 1. The topological polar surface area (TPSA) is 131 Å². The summed E-state index contributed by atoms with van der Waals surface area (Å²) in [6.07, 6.45) is 0.774. The number of carbonyl (C=O) groups is 2. The second kappa shape index (κ2) is 15.9. The molecule has 1 amide bonds. The predicted octanol–water partition coefficient (Wildman–Crippen LogP) is 3.80. The van der Waals surface area contributed by atoms with Gasteiger partial charge in [0.1, 0.15) is 12.2 Å². The van der Waals surface area contributed by atoms with Crippen LogP contribution in [0.1, 0.15) is 81.1 Å². The molecule has 274 valence electrons. The van der Waals surface area contributed by atoms with Gasteiger partial charge in [0, 0.05) is 42.3 Å². The Bertz CT molecular complexity index is 1200. The molecule has 2 N–H and O–H groups in total. The maximum atomic E-state index is 13.9. The third-order valence-corrected chi connectivity index (χ3v) is 11.0. The van der Waals surface area contributed by atoms with Crippen molar-refractivity contribution in [3.05, 3.63) is 11.6 Å². The van der Waals surface area contributed by atoms with E-state index in [1.807, 2.05) is 66.7 Å². The molecule has 0 radical (unpaired) electrons. The number of cyclic esters (lactones) is 1. The quantitative estimate of drug-likeness (QED) is 0.274. The van der Waals surface area contributed by atoms with E-state index < -0.39 is 47.9 Å². The first-order chi connectivity index (χ1) is 22.6. The van der Waals surface area contributed by atoms with Gasteiger partial charge >= 0.3 is 12.1 Å². The van der Waals surface area contributed by atoms with Gasteiger partial charge in [-0.05, 0) is 74.0 Å². The Labute approximate surface area is 287 Å². The van der Waals surface area contributed by atoms with Crippen LogP contribution in [0, 0.1) is 17.8 Å². The van der Waals surface area contributed by atoms with E-state index in [9.17, 15) is 14.7 Å². The van der Waals surface area contributed by atoms with E-state index in [1.165, 1.54) is 0 Å². The van der Waals surface area contributed by atoms with Crippen molar-refractivity contribution in [3.63, 3.8) is 0 Å². The summed E-state index contributed by atoms with van der Waals surface area (Å²) in [5, 5.41) is 14.7. The van der Waals surface area contributed by atoms with Gasteiger partial charge in [-0.2, -0.15) is 0 Å². The Morgan fingerprint density at radius 1 is 1.19 bits per heavy atom. The molecule has 0 aliphatic carbocycles. The molecular weight excluding hydrogens is 616 g/mol. The number of nitrogens with one attached hydrogen (secondary N) is 1. The Hall–Kier alpha value is -2.09. The molecule has 12 heteroatoms. The third-order valence-electron chi connectivity index (χ3n) is 11.0. The summed E-state index contributed by atoms with van der Waals surface area (Å²) >= 11 is 0. The highest BCUT2D eigenvalue weighted by Crippen LogP contribution is 2.44. The molecular formula is C36H62N4O8. The number of esters is 1. The Morgan fingerprint density at radius 3 is 2.54 bits per heavy atom. The van der Waals surface area contributed by atoms with Crippen LogP contribution in [0.4, 0.5) is 4.79 Å². The summed E-state index contributed by atoms with van der Waals surface area (Å²) in [5.41, 5.74) is -0.565. The summed E-state index contributed by atoms with van der Waals surface area (Å²) in [6, 6.07) is -0.525. The number of carbonyl (C=O) groups excluding carboxylic acids is 2. The second-order valence-electron chi connectivity index (χ2n) is 15.2. The minimum atomic E-state index is -1.06. The van der Waals surface area contributed by atoms with Gasteiger partial charge in [-0.25, -0.2) is 9.59 Å². The summed E-state index contributed by atoms with van der Waals surface area (Å²) in [4.78, 5) is 36.1. The molecule has 4 heterocycles. The number of rotatable bonds is 9. The zero-order valence-electron chi connectivity index (χ0n) is 31.2. The molecule has 12 nitrogen and oxygen atoms in total. The highest BCUT2D eigenvalue weighted by Gasteiger charge is 2.60. The molecule has 1 unspecified atom stereocenters. The average Bonchev–Trinajstić information content (AvgIpc) is 3.14. The van der Waals surface area contributed by atoms with Crippen LogP contribution in [-0.2, 0) is 28.5 Å². The molecule has 0 aromatic rings. The lowest BCUT2D eigenvalue weighted by Gasteiger charge is -2.47. The molecule has 0 aromatic heterocycles. The maximum Gasteiger partial charge on any atom is 0.410 e. The number of aliphatic hydroxyl groups is 1. The van der Waals surface area contributed by atoms with Crippen LogP contribution >= 0.6 is 0 Å². The SMILES string of the molecule is CCC[C@H]1OC(=O)/C(C)=C/[C@H](C)[C@@H](OC2O[C@@H](C)C[C@@H](N(C)C)[C@@H]2O)[C@@](C)(OCCNC)C[C@@H](C)C2=NCCN3C(=O)O[C@@]1(C)[C@H]3[C@H]2C. The fourth-order valence-corrected chi connectivity index (χ4v) is 8.66. The van der Waals surface area contributed by atoms with E-state index in [1.54, 1.807) is 11.8 Å². The van der Waals surface area contributed by atoms with E-state index in [-0.39, 0.29) is 35.9 Å². The first-order valence-corrected chi connectivity index (χ1v) is 17.9.